The molecule has 0 radical (unpaired) electrons. The molecule has 0 aromatic rings. The number of rotatable bonds is 5. The molecule has 1 saturated heterocycles. The average molecular weight is 283 g/mol. The number of carboxylic acids is 1. The third-order valence-corrected chi connectivity index (χ3v) is 3.62. The third kappa shape index (κ3) is 4.11. The van der Waals surface area contributed by atoms with Crippen LogP contribution in [0.25, 0.3) is 0 Å². The van der Waals surface area contributed by atoms with Gasteiger partial charge in [-0.2, -0.15) is 0 Å². The number of likely N-dealkylation sites (tertiary alicyclic amines) is 1. The highest BCUT2D eigenvalue weighted by Crippen LogP contribution is 2.18. The SMILES string of the molecule is O=C(CCNC(=O)N1CCCCC1C(=O)O)NC1CC1. The molecule has 7 heteroatoms. The van der Waals surface area contributed by atoms with Crippen LogP contribution in [0.4, 0.5) is 4.79 Å². The summed E-state index contributed by atoms with van der Waals surface area (Å²) in [5.41, 5.74) is 0. The van der Waals surface area contributed by atoms with Gasteiger partial charge in [0.15, 0.2) is 0 Å². The van der Waals surface area contributed by atoms with E-state index in [2.05, 4.69) is 10.6 Å². The summed E-state index contributed by atoms with van der Waals surface area (Å²) in [6, 6.07) is -0.822. The van der Waals surface area contributed by atoms with Crippen LogP contribution in [0, 0.1) is 0 Å². The molecule has 3 amide bonds. The summed E-state index contributed by atoms with van der Waals surface area (Å²) < 4.78 is 0. The van der Waals surface area contributed by atoms with Gasteiger partial charge >= 0.3 is 12.0 Å². The molecule has 7 nitrogen and oxygen atoms in total. The van der Waals surface area contributed by atoms with E-state index in [0.717, 1.165) is 25.7 Å². The second-order valence-electron chi connectivity index (χ2n) is 5.37. The van der Waals surface area contributed by atoms with Crippen molar-refractivity contribution in [1.82, 2.24) is 15.5 Å². The summed E-state index contributed by atoms with van der Waals surface area (Å²) in [7, 11) is 0. The van der Waals surface area contributed by atoms with E-state index in [0.29, 0.717) is 19.0 Å². The van der Waals surface area contributed by atoms with Crippen LogP contribution in [-0.4, -0.2) is 53.1 Å². The Hall–Kier alpha value is -1.79. The minimum atomic E-state index is -0.966. The van der Waals surface area contributed by atoms with Crippen LogP contribution in [0.2, 0.25) is 0 Å². The minimum absolute atomic E-state index is 0.0683. The first-order valence-corrected chi connectivity index (χ1v) is 7.14. The molecule has 2 aliphatic rings. The number of carbonyl (C=O) groups is 3. The molecule has 1 unspecified atom stereocenters. The first-order chi connectivity index (χ1) is 9.58. The van der Waals surface area contributed by atoms with E-state index in [1.807, 2.05) is 0 Å². The van der Waals surface area contributed by atoms with Crippen LogP contribution in [0.1, 0.15) is 38.5 Å². The Morgan fingerprint density at radius 1 is 1.15 bits per heavy atom. The van der Waals surface area contributed by atoms with Gasteiger partial charge < -0.3 is 20.6 Å². The Bertz CT molecular complexity index is 395. The standard InChI is InChI=1S/C13H21N3O4/c17-11(15-9-4-5-9)6-7-14-13(20)16-8-2-1-3-10(16)12(18)19/h9-10H,1-8H2,(H,14,20)(H,15,17)(H,18,19). The molecule has 2 rings (SSSR count). The first kappa shape index (κ1) is 14.6. The maximum absolute atomic E-state index is 11.9. The van der Waals surface area contributed by atoms with Crippen LogP contribution in [0.3, 0.4) is 0 Å². The lowest BCUT2D eigenvalue weighted by molar-refractivity contribution is -0.143. The van der Waals surface area contributed by atoms with Gasteiger partial charge in [-0.05, 0) is 32.1 Å². The predicted molar refractivity (Wildman–Crippen MR) is 71.2 cm³/mol. The molecule has 20 heavy (non-hydrogen) atoms. The average Bonchev–Trinajstić information content (AvgIpc) is 3.22. The predicted octanol–water partition coefficient (Wildman–Crippen LogP) is 0.304. The number of carboxylic acid groups (broad SMARTS) is 1. The molecular formula is C13H21N3O4. The smallest absolute Gasteiger partial charge is 0.326 e. The van der Waals surface area contributed by atoms with Gasteiger partial charge in [0.05, 0.1) is 0 Å². The summed E-state index contributed by atoms with van der Waals surface area (Å²) >= 11 is 0. The van der Waals surface area contributed by atoms with Gasteiger partial charge in [-0.25, -0.2) is 9.59 Å². The molecule has 2 fully saturated rings. The highest BCUT2D eigenvalue weighted by Gasteiger charge is 2.31. The summed E-state index contributed by atoms with van der Waals surface area (Å²) in [5.74, 6) is -1.03. The summed E-state index contributed by atoms with van der Waals surface area (Å²) in [6.45, 7) is 0.692. The lowest BCUT2D eigenvalue weighted by atomic mass is 10.0. The van der Waals surface area contributed by atoms with Crippen LogP contribution in [0.15, 0.2) is 0 Å². The normalized spacial score (nSPS) is 22.2. The number of hydrogen-bond acceptors (Lipinski definition) is 3. The van der Waals surface area contributed by atoms with Crippen molar-refractivity contribution < 1.29 is 19.5 Å². The van der Waals surface area contributed by atoms with Crippen molar-refractivity contribution in [3.63, 3.8) is 0 Å². The number of aliphatic carboxylic acids is 1. The minimum Gasteiger partial charge on any atom is -0.480 e. The third-order valence-electron chi connectivity index (χ3n) is 3.62. The number of hydrogen-bond donors (Lipinski definition) is 3. The van der Waals surface area contributed by atoms with E-state index < -0.39 is 18.0 Å². The van der Waals surface area contributed by atoms with Crippen molar-refractivity contribution in [3.8, 4) is 0 Å². The largest absolute Gasteiger partial charge is 0.480 e. The second-order valence-corrected chi connectivity index (χ2v) is 5.37. The van der Waals surface area contributed by atoms with Gasteiger partial charge in [0.25, 0.3) is 0 Å². The quantitative estimate of drug-likeness (QED) is 0.676. The molecule has 1 aliphatic carbocycles. The summed E-state index contributed by atoms with van der Waals surface area (Å²) in [6.07, 6.45) is 4.43. The number of nitrogens with zero attached hydrogens (tertiary/aromatic N) is 1. The highest BCUT2D eigenvalue weighted by molar-refractivity contribution is 5.83. The summed E-state index contributed by atoms with van der Waals surface area (Å²) in [5, 5.41) is 14.6. The van der Waals surface area contributed by atoms with Crippen molar-refractivity contribution in [3.05, 3.63) is 0 Å². The monoisotopic (exact) mass is 283 g/mol. The van der Waals surface area contributed by atoms with E-state index in [-0.39, 0.29) is 18.9 Å². The van der Waals surface area contributed by atoms with Crippen LogP contribution in [0.5, 0.6) is 0 Å². The van der Waals surface area contributed by atoms with Gasteiger partial charge in [0.2, 0.25) is 5.91 Å². The fraction of sp³-hybridized carbons (Fsp3) is 0.769. The Balaban J connectivity index is 1.72. The maximum atomic E-state index is 11.9. The Kier molecular flexibility index (Phi) is 4.81. The lowest BCUT2D eigenvalue weighted by Crippen LogP contribution is -2.52. The van der Waals surface area contributed by atoms with Crippen molar-refractivity contribution >= 4 is 17.9 Å². The van der Waals surface area contributed by atoms with E-state index in [1.165, 1.54) is 4.90 Å². The number of urea groups is 1. The van der Waals surface area contributed by atoms with E-state index in [9.17, 15) is 14.4 Å². The molecule has 1 saturated carbocycles. The van der Waals surface area contributed by atoms with Gasteiger partial charge in [-0.3, -0.25) is 4.79 Å². The molecule has 1 atom stereocenters. The van der Waals surface area contributed by atoms with Crippen molar-refractivity contribution in [2.45, 2.75) is 50.6 Å². The van der Waals surface area contributed by atoms with Crippen LogP contribution < -0.4 is 10.6 Å². The molecule has 1 aliphatic heterocycles. The van der Waals surface area contributed by atoms with Crippen molar-refractivity contribution in [1.29, 1.82) is 0 Å². The van der Waals surface area contributed by atoms with Gasteiger partial charge in [-0.15, -0.1) is 0 Å². The Labute approximate surface area is 117 Å². The zero-order valence-electron chi connectivity index (χ0n) is 11.4. The number of amides is 3. The fourth-order valence-corrected chi connectivity index (χ4v) is 2.34. The highest BCUT2D eigenvalue weighted by atomic mass is 16.4. The number of carbonyl (C=O) groups excluding carboxylic acids is 2. The van der Waals surface area contributed by atoms with Crippen molar-refractivity contribution in [2.24, 2.45) is 0 Å². The first-order valence-electron chi connectivity index (χ1n) is 7.14. The zero-order valence-corrected chi connectivity index (χ0v) is 11.4. The summed E-state index contributed by atoms with van der Waals surface area (Å²) in [4.78, 5) is 35.8. The maximum Gasteiger partial charge on any atom is 0.326 e. The van der Waals surface area contributed by atoms with Crippen LogP contribution >= 0.6 is 0 Å². The van der Waals surface area contributed by atoms with Gasteiger partial charge in [0, 0.05) is 25.6 Å². The molecule has 1 heterocycles. The van der Waals surface area contributed by atoms with E-state index >= 15 is 0 Å². The molecule has 3 N–H and O–H groups in total. The topological polar surface area (TPSA) is 98.7 Å². The molecule has 0 aromatic heterocycles. The van der Waals surface area contributed by atoms with Crippen LogP contribution in [-0.2, 0) is 9.59 Å². The fourth-order valence-electron chi connectivity index (χ4n) is 2.34. The second kappa shape index (κ2) is 6.58. The molecule has 0 bridgehead atoms. The molecule has 112 valence electrons. The van der Waals surface area contributed by atoms with Crippen molar-refractivity contribution in [2.75, 3.05) is 13.1 Å². The van der Waals surface area contributed by atoms with Gasteiger partial charge in [-0.1, -0.05) is 0 Å². The zero-order chi connectivity index (χ0) is 14.5. The lowest BCUT2D eigenvalue weighted by Gasteiger charge is -2.32. The Morgan fingerprint density at radius 2 is 1.90 bits per heavy atom. The van der Waals surface area contributed by atoms with Gasteiger partial charge in [0.1, 0.15) is 6.04 Å². The number of piperidine rings is 1. The van der Waals surface area contributed by atoms with E-state index in [4.69, 9.17) is 5.11 Å². The van der Waals surface area contributed by atoms with E-state index in [1.54, 1.807) is 0 Å². The molecule has 0 aromatic carbocycles. The Morgan fingerprint density at radius 3 is 2.55 bits per heavy atom. The molecular weight excluding hydrogens is 262 g/mol. The number of nitrogens with one attached hydrogen (secondary N) is 2. The molecule has 0 spiro atoms.